The van der Waals surface area contributed by atoms with Gasteiger partial charge < -0.3 is 4.74 Å². The van der Waals surface area contributed by atoms with Gasteiger partial charge in [0.05, 0.1) is 4.90 Å². The Labute approximate surface area is 128 Å². The number of hydrogen-bond donors (Lipinski definition) is 1. The summed E-state index contributed by atoms with van der Waals surface area (Å²) in [5.74, 6) is -0.807. The number of nitriles is 1. The summed E-state index contributed by atoms with van der Waals surface area (Å²) in [5.41, 5.74) is 0. The lowest BCUT2D eigenvalue weighted by Crippen LogP contribution is -2.32. The van der Waals surface area contributed by atoms with Crippen molar-refractivity contribution < 1.29 is 17.9 Å². The molecule has 0 unspecified atom stereocenters. The molecule has 2 aromatic carbocycles. The molecular weight excluding hydrogens is 304 g/mol. The fourth-order valence-corrected chi connectivity index (χ4v) is 2.84. The molecule has 0 aromatic heterocycles. The zero-order valence-corrected chi connectivity index (χ0v) is 12.6. The third-order valence-electron chi connectivity index (χ3n) is 2.93. The molecule has 0 saturated carbocycles. The second kappa shape index (κ2) is 6.56. The van der Waals surface area contributed by atoms with E-state index in [0.717, 1.165) is 10.8 Å². The van der Waals surface area contributed by atoms with Gasteiger partial charge in [-0.2, -0.15) is 9.98 Å². The molecule has 6 nitrogen and oxygen atoms in total. The van der Waals surface area contributed by atoms with Crippen LogP contribution in [-0.2, 0) is 19.6 Å². The molecule has 1 atom stereocenters. The Morgan fingerprint density at radius 2 is 1.95 bits per heavy atom. The van der Waals surface area contributed by atoms with Gasteiger partial charge in [-0.15, -0.1) is 0 Å². The van der Waals surface area contributed by atoms with Crippen LogP contribution in [0.4, 0.5) is 0 Å². The van der Waals surface area contributed by atoms with Crippen molar-refractivity contribution in [3.63, 3.8) is 0 Å². The molecule has 0 fully saturated rings. The highest BCUT2D eigenvalue weighted by molar-refractivity contribution is 7.89. The largest absolute Gasteiger partial charge is 0.446 e. The molecule has 0 aliphatic carbocycles. The van der Waals surface area contributed by atoms with E-state index in [1.54, 1.807) is 18.2 Å². The van der Waals surface area contributed by atoms with Crippen molar-refractivity contribution in [1.29, 1.82) is 5.26 Å². The summed E-state index contributed by atoms with van der Waals surface area (Å²) in [5, 5.41) is 10.2. The van der Waals surface area contributed by atoms with Gasteiger partial charge in [0.25, 0.3) is 0 Å². The summed E-state index contributed by atoms with van der Waals surface area (Å²) in [6.07, 6.45) is -0.919. The number of rotatable bonds is 5. The van der Waals surface area contributed by atoms with E-state index >= 15 is 0 Å². The van der Waals surface area contributed by atoms with Crippen molar-refractivity contribution in [2.75, 3.05) is 6.54 Å². The van der Waals surface area contributed by atoms with Crippen molar-refractivity contribution >= 4 is 26.8 Å². The van der Waals surface area contributed by atoms with Gasteiger partial charge in [-0.25, -0.2) is 8.42 Å². The highest BCUT2D eigenvalue weighted by Gasteiger charge is 2.17. The third-order valence-corrected chi connectivity index (χ3v) is 4.33. The average molecular weight is 318 g/mol. The Bertz CT molecular complexity index is 840. The molecule has 7 heteroatoms. The van der Waals surface area contributed by atoms with E-state index in [1.807, 2.05) is 18.2 Å². The molecule has 0 spiro atoms. The standard InChI is InChI=1S/C15H14N2O4S/c1-11(9-16)21-15(18)10-17-22(19,20)14-7-6-12-4-2-3-5-13(12)8-14/h2-8,11,17H,10H2,1H3/t11-/m0/s1. The van der Waals surface area contributed by atoms with E-state index in [0.29, 0.717) is 0 Å². The van der Waals surface area contributed by atoms with Crippen LogP contribution >= 0.6 is 0 Å². The molecule has 2 rings (SSSR count). The van der Waals surface area contributed by atoms with Crippen LogP contribution < -0.4 is 4.72 Å². The number of carbonyl (C=O) groups is 1. The molecule has 1 N–H and O–H groups in total. The summed E-state index contributed by atoms with van der Waals surface area (Å²) in [6, 6.07) is 13.8. The first kappa shape index (κ1) is 15.9. The van der Waals surface area contributed by atoms with Crippen molar-refractivity contribution in [2.24, 2.45) is 0 Å². The van der Waals surface area contributed by atoms with Crippen LogP contribution in [0.25, 0.3) is 10.8 Å². The van der Waals surface area contributed by atoms with Gasteiger partial charge in [0.2, 0.25) is 10.0 Å². The van der Waals surface area contributed by atoms with Crippen molar-refractivity contribution in [2.45, 2.75) is 17.9 Å². The smallest absolute Gasteiger partial charge is 0.322 e. The molecule has 0 saturated heterocycles. The molecule has 22 heavy (non-hydrogen) atoms. The number of esters is 1. The first-order chi connectivity index (χ1) is 10.4. The molecule has 2 aromatic rings. The summed E-state index contributed by atoms with van der Waals surface area (Å²) in [6.45, 7) is 0.872. The van der Waals surface area contributed by atoms with Gasteiger partial charge in [-0.1, -0.05) is 30.3 Å². The quantitative estimate of drug-likeness (QED) is 0.844. The van der Waals surface area contributed by atoms with Crippen molar-refractivity contribution in [3.8, 4) is 6.07 Å². The lowest BCUT2D eigenvalue weighted by atomic mass is 10.1. The summed E-state index contributed by atoms with van der Waals surface area (Å²) in [4.78, 5) is 11.5. The van der Waals surface area contributed by atoms with Crippen LogP contribution in [0.1, 0.15) is 6.92 Å². The third kappa shape index (κ3) is 3.81. The zero-order chi connectivity index (χ0) is 16.2. The number of sulfonamides is 1. The van der Waals surface area contributed by atoms with E-state index in [2.05, 4.69) is 9.46 Å². The number of nitrogens with one attached hydrogen (secondary N) is 1. The molecule has 0 bridgehead atoms. The number of fused-ring (bicyclic) bond motifs is 1. The fourth-order valence-electron chi connectivity index (χ4n) is 1.84. The maximum atomic E-state index is 12.2. The maximum absolute atomic E-state index is 12.2. The SMILES string of the molecule is C[C@@H](C#N)OC(=O)CNS(=O)(=O)c1ccc2ccccc2c1. The number of ether oxygens (including phenoxy) is 1. The predicted molar refractivity (Wildman–Crippen MR) is 80.3 cm³/mol. The van der Waals surface area contributed by atoms with E-state index in [9.17, 15) is 13.2 Å². The Morgan fingerprint density at radius 1 is 1.27 bits per heavy atom. The fraction of sp³-hybridized carbons (Fsp3) is 0.200. The highest BCUT2D eigenvalue weighted by atomic mass is 32.2. The van der Waals surface area contributed by atoms with Gasteiger partial charge in [-0.05, 0) is 29.8 Å². The lowest BCUT2D eigenvalue weighted by Gasteiger charge is -2.09. The molecule has 114 valence electrons. The number of nitrogens with zero attached hydrogens (tertiary/aromatic N) is 1. The summed E-state index contributed by atoms with van der Waals surface area (Å²) >= 11 is 0. The predicted octanol–water partition coefficient (Wildman–Crippen LogP) is 1.57. The van der Waals surface area contributed by atoms with Crippen LogP contribution in [0.15, 0.2) is 47.4 Å². The van der Waals surface area contributed by atoms with Crippen LogP contribution in [0.2, 0.25) is 0 Å². The summed E-state index contributed by atoms with van der Waals surface area (Å²) < 4.78 is 31.1. The van der Waals surface area contributed by atoms with Gasteiger partial charge in [-0.3, -0.25) is 4.79 Å². The maximum Gasteiger partial charge on any atom is 0.322 e. The lowest BCUT2D eigenvalue weighted by molar-refractivity contribution is -0.144. The van der Waals surface area contributed by atoms with E-state index < -0.39 is 28.6 Å². The van der Waals surface area contributed by atoms with Gasteiger partial charge in [0.15, 0.2) is 6.10 Å². The number of hydrogen-bond acceptors (Lipinski definition) is 5. The van der Waals surface area contributed by atoms with Gasteiger partial charge in [0.1, 0.15) is 12.6 Å². The summed E-state index contributed by atoms with van der Waals surface area (Å²) in [7, 11) is -3.82. The van der Waals surface area contributed by atoms with Crippen LogP contribution in [0, 0.1) is 11.3 Å². The minimum atomic E-state index is -3.82. The van der Waals surface area contributed by atoms with E-state index in [4.69, 9.17) is 5.26 Å². The van der Waals surface area contributed by atoms with Crippen LogP contribution in [-0.4, -0.2) is 27.0 Å². The molecule has 0 aliphatic rings. The Hall–Kier alpha value is -2.43. The molecule has 0 amide bonds. The van der Waals surface area contributed by atoms with E-state index in [1.165, 1.54) is 19.1 Å². The Kier molecular flexibility index (Phi) is 4.75. The Balaban J connectivity index is 2.12. The van der Waals surface area contributed by atoms with Crippen molar-refractivity contribution in [3.05, 3.63) is 42.5 Å². The first-order valence-electron chi connectivity index (χ1n) is 6.50. The van der Waals surface area contributed by atoms with Gasteiger partial charge >= 0.3 is 5.97 Å². The zero-order valence-electron chi connectivity index (χ0n) is 11.8. The first-order valence-corrected chi connectivity index (χ1v) is 7.98. The number of carbonyl (C=O) groups excluding carboxylic acids is 1. The second-order valence-corrected chi connectivity index (χ2v) is 6.36. The topological polar surface area (TPSA) is 96.3 Å². The molecular formula is C15H14N2O4S. The minimum absolute atomic E-state index is 0.0623. The highest BCUT2D eigenvalue weighted by Crippen LogP contribution is 2.18. The Morgan fingerprint density at radius 3 is 2.64 bits per heavy atom. The van der Waals surface area contributed by atoms with E-state index in [-0.39, 0.29) is 4.90 Å². The number of benzene rings is 2. The molecule has 0 radical (unpaired) electrons. The molecule has 0 heterocycles. The monoisotopic (exact) mass is 318 g/mol. The van der Waals surface area contributed by atoms with Crippen molar-refractivity contribution in [1.82, 2.24) is 4.72 Å². The normalized spacial score (nSPS) is 12.5. The minimum Gasteiger partial charge on any atom is -0.446 e. The average Bonchev–Trinajstić information content (AvgIpc) is 2.52. The van der Waals surface area contributed by atoms with Gasteiger partial charge in [0, 0.05) is 0 Å². The van der Waals surface area contributed by atoms with Crippen LogP contribution in [0.3, 0.4) is 0 Å². The second-order valence-electron chi connectivity index (χ2n) is 4.59. The van der Waals surface area contributed by atoms with Crippen LogP contribution in [0.5, 0.6) is 0 Å². The molecule has 0 aliphatic heterocycles.